The Morgan fingerprint density at radius 2 is 2.25 bits per heavy atom. The molecule has 8 heavy (non-hydrogen) atoms. The summed E-state index contributed by atoms with van der Waals surface area (Å²) in [4.78, 5) is 9.95. The number of alkyl halides is 1. The van der Waals surface area contributed by atoms with E-state index >= 15 is 0 Å². The second-order valence-electron chi connectivity index (χ2n) is 2.04. The molecule has 0 aromatic rings. The molecule has 0 saturated heterocycles. The molecule has 0 aromatic carbocycles. The average molecular weight is 118 g/mol. The van der Waals surface area contributed by atoms with Crippen molar-refractivity contribution < 1.29 is 14.3 Å². The van der Waals surface area contributed by atoms with Gasteiger partial charge in [0.2, 0.25) is 0 Å². The van der Waals surface area contributed by atoms with Crippen molar-refractivity contribution >= 4 is 5.97 Å². The lowest BCUT2D eigenvalue weighted by molar-refractivity contribution is -0.148. The topological polar surface area (TPSA) is 37.3 Å². The van der Waals surface area contributed by atoms with Crippen LogP contribution in [0.1, 0.15) is 12.8 Å². The fraction of sp³-hybridized carbons (Fsp3) is 0.800. The van der Waals surface area contributed by atoms with Gasteiger partial charge in [0.15, 0.2) is 0 Å². The molecule has 1 saturated carbocycles. The van der Waals surface area contributed by atoms with Gasteiger partial charge in [0.1, 0.15) is 6.17 Å². The van der Waals surface area contributed by atoms with E-state index in [1.807, 2.05) is 0 Å². The van der Waals surface area contributed by atoms with E-state index in [0.29, 0.717) is 12.8 Å². The van der Waals surface area contributed by atoms with Crippen molar-refractivity contribution in [2.75, 3.05) is 0 Å². The Kier molecular flexibility index (Phi) is 1.19. The van der Waals surface area contributed by atoms with Crippen molar-refractivity contribution in [2.24, 2.45) is 5.92 Å². The highest BCUT2D eigenvalue weighted by molar-refractivity contribution is 5.71. The minimum Gasteiger partial charge on any atom is -0.481 e. The van der Waals surface area contributed by atoms with Crippen LogP contribution in [-0.2, 0) is 4.79 Å². The van der Waals surface area contributed by atoms with Crippen LogP contribution in [0.4, 0.5) is 4.39 Å². The summed E-state index contributed by atoms with van der Waals surface area (Å²) in [6.45, 7) is 0. The lowest BCUT2D eigenvalue weighted by Gasteiger charge is -2.25. The Hall–Kier alpha value is -0.600. The lowest BCUT2D eigenvalue weighted by atomic mass is 9.83. The van der Waals surface area contributed by atoms with Crippen LogP contribution in [0.15, 0.2) is 0 Å². The zero-order valence-electron chi connectivity index (χ0n) is 4.30. The van der Waals surface area contributed by atoms with Crippen molar-refractivity contribution in [2.45, 2.75) is 19.0 Å². The maximum atomic E-state index is 12.1. The molecule has 0 unspecified atom stereocenters. The molecule has 2 atom stereocenters. The van der Waals surface area contributed by atoms with Gasteiger partial charge in [-0.25, -0.2) is 4.39 Å². The first-order valence-corrected chi connectivity index (χ1v) is 2.58. The van der Waals surface area contributed by atoms with Crippen molar-refractivity contribution in [1.82, 2.24) is 0 Å². The third-order valence-electron chi connectivity index (χ3n) is 1.51. The zero-order chi connectivity index (χ0) is 6.15. The molecule has 0 radical (unpaired) electrons. The molecular weight excluding hydrogens is 111 g/mol. The summed E-state index contributed by atoms with van der Waals surface area (Å²) in [6.07, 6.45) is -0.138. The normalized spacial score (nSPS) is 36.1. The molecule has 1 rings (SSSR count). The van der Waals surface area contributed by atoms with Crippen molar-refractivity contribution in [1.29, 1.82) is 0 Å². The summed E-state index contributed by atoms with van der Waals surface area (Å²) in [5.41, 5.74) is 0. The smallest absolute Gasteiger partial charge is 0.309 e. The molecule has 3 heteroatoms. The van der Waals surface area contributed by atoms with Crippen molar-refractivity contribution in [3.63, 3.8) is 0 Å². The van der Waals surface area contributed by atoms with E-state index in [-0.39, 0.29) is 0 Å². The second kappa shape index (κ2) is 1.73. The first kappa shape index (κ1) is 5.54. The zero-order valence-corrected chi connectivity index (χ0v) is 4.30. The molecule has 2 nitrogen and oxygen atoms in total. The largest absolute Gasteiger partial charge is 0.481 e. The average Bonchev–Trinajstić information content (AvgIpc) is 1.61. The summed E-state index contributed by atoms with van der Waals surface area (Å²) in [5.74, 6) is -1.70. The number of aliphatic carboxylic acids is 1. The second-order valence-corrected chi connectivity index (χ2v) is 2.04. The van der Waals surface area contributed by atoms with Gasteiger partial charge >= 0.3 is 5.97 Å². The molecule has 1 aliphatic carbocycles. The monoisotopic (exact) mass is 118 g/mol. The van der Waals surface area contributed by atoms with Gasteiger partial charge in [-0.3, -0.25) is 4.79 Å². The quantitative estimate of drug-likeness (QED) is 0.553. The molecule has 46 valence electrons. The van der Waals surface area contributed by atoms with E-state index in [9.17, 15) is 9.18 Å². The predicted molar refractivity (Wildman–Crippen MR) is 25.3 cm³/mol. The Bertz CT molecular complexity index is 113. The summed E-state index contributed by atoms with van der Waals surface area (Å²) in [7, 11) is 0. The fourth-order valence-electron chi connectivity index (χ4n) is 0.738. The molecule has 0 heterocycles. The van der Waals surface area contributed by atoms with Gasteiger partial charge in [-0.15, -0.1) is 0 Å². The number of hydrogen-bond acceptors (Lipinski definition) is 1. The van der Waals surface area contributed by atoms with Crippen LogP contribution in [0.3, 0.4) is 0 Å². The number of rotatable bonds is 1. The van der Waals surface area contributed by atoms with E-state index in [1.54, 1.807) is 0 Å². The van der Waals surface area contributed by atoms with Crippen LogP contribution in [0.25, 0.3) is 0 Å². The summed E-state index contributed by atoms with van der Waals surface area (Å²) >= 11 is 0. The maximum Gasteiger partial charge on any atom is 0.309 e. The molecular formula is C5H7FO2. The van der Waals surface area contributed by atoms with Crippen molar-refractivity contribution in [3.8, 4) is 0 Å². The molecule has 0 aliphatic heterocycles. The SMILES string of the molecule is O=C(O)[C@H]1CC[C@H]1F. The molecule has 1 aliphatic rings. The van der Waals surface area contributed by atoms with Crippen LogP contribution in [0.2, 0.25) is 0 Å². The first-order valence-electron chi connectivity index (χ1n) is 2.58. The van der Waals surface area contributed by atoms with E-state index in [1.165, 1.54) is 0 Å². The molecule has 0 spiro atoms. The van der Waals surface area contributed by atoms with Gasteiger partial charge < -0.3 is 5.11 Å². The Labute approximate surface area is 46.3 Å². The van der Waals surface area contributed by atoms with E-state index in [0.717, 1.165) is 0 Å². The minimum absolute atomic E-state index is 0.428. The predicted octanol–water partition coefficient (Wildman–Crippen LogP) is 0.819. The fourth-order valence-corrected chi connectivity index (χ4v) is 0.738. The summed E-state index contributed by atoms with van der Waals surface area (Å²) < 4.78 is 12.1. The Balaban J connectivity index is 2.37. The third kappa shape index (κ3) is 0.680. The Morgan fingerprint density at radius 1 is 1.62 bits per heavy atom. The highest BCUT2D eigenvalue weighted by Gasteiger charge is 2.36. The van der Waals surface area contributed by atoms with Gasteiger partial charge in [-0.05, 0) is 12.8 Å². The number of carboxylic acid groups (broad SMARTS) is 1. The van der Waals surface area contributed by atoms with Crippen LogP contribution >= 0.6 is 0 Å². The minimum atomic E-state index is -1.08. The van der Waals surface area contributed by atoms with Crippen LogP contribution < -0.4 is 0 Å². The maximum absolute atomic E-state index is 12.1. The molecule has 0 aromatic heterocycles. The van der Waals surface area contributed by atoms with Crippen molar-refractivity contribution in [3.05, 3.63) is 0 Å². The number of hydrogen-bond donors (Lipinski definition) is 1. The standard InChI is InChI=1S/C5H7FO2/c6-4-2-1-3(4)5(7)8/h3-4H,1-2H2,(H,7,8)/t3-,4+/m0/s1. The molecule has 0 amide bonds. The molecule has 1 fully saturated rings. The number of carbonyl (C=O) groups is 1. The van der Waals surface area contributed by atoms with Gasteiger partial charge in [0.05, 0.1) is 5.92 Å². The Morgan fingerprint density at radius 3 is 2.25 bits per heavy atom. The number of carboxylic acids is 1. The number of halogens is 1. The van der Waals surface area contributed by atoms with Crippen LogP contribution in [0, 0.1) is 5.92 Å². The van der Waals surface area contributed by atoms with Crippen LogP contribution in [0.5, 0.6) is 0 Å². The summed E-state index contributed by atoms with van der Waals surface area (Å²) in [6, 6.07) is 0. The summed E-state index contributed by atoms with van der Waals surface area (Å²) in [5, 5.41) is 8.16. The first-order chi connectivity index (χ1) is 3.72. The lowest BCUT2D eigenvalue weighted by Crippen LogP contribution is -2.33. The molecule has 0 bridgehead atoms. The van der Waals surface area contributed by atoms with Gasteiger partial charge in [-0.2, -0.15) is 0 Å². The molecule has 1 N–H and O–H groups in total. The highest BCUT2D eigenvalue weighted by atomic mass is 19.1. The van der Waals surface area contributed by atoms with Gasteiger partial charge in [0, 0.05) is 0 Å². The van der Waals surface area contributed by atoms with Crippen LogP contribution in [-0.4, -0.2) is 17.2 Å². The van der Waals surface area contributed by atoms with E-state index < -0.39 is 18.1 Å². The van der Waals surface area contributed by atoms with Gasteiger partial charge in [0.25, 0.3) is 0 Å². The van der Waals surface area contributed by atoms with E-state index in [4.69, 9.17) is 5.11 Å². The third-order valence-corrected chi connectivity index (χ3v) is 1.51. The van der Waals surface area contributed by atoms with E-state index in [2.05, 4.69) is 0 Å². The highest BCUT2D eigenvalue weighted by Crippen LogP contribution is 2.29. The van der Waals surface area contributed by atoms with Gasteiger partial charge in [-0.1, -0.05) is 0 Å².